The molecule has 0 spiro atoms. The van der Waals surface area contributed by atoms with Gasteiger partial charge in [0.05, 0.1) is 21.2 Å². The number of benzene rings is 2. The number of hydrogen-bond donors (Lipinski definition) is 0. The third kappa shape index (κ3) is 4.29. The summed E-state index contributed by atoms with van der Waals surface area (Å²) in [5.74, 6) is 0.345. The lowest BCUT2D eigenvalue weighted by Crippen LogP contribution is -2.39. The van der Waals surface area contributed by atoms with Gasteiger partial charge < -0.3 is 4.90 Å². The van der Waals surface area contributed by atoms with Crippen LogP contribution in [0.25, 0.3) is 0 Å². The van der Waals surface area contributed by atoms with Crippen LogP contribution >= 0.6 is 23.2 Å². The molecule has 2 aromatic carbocycles. The van der Waals surface area contributed by atoms with Gasteiger partial charge in [-0.1, -0.05) is 30.1 Å². The van der Waals surface area contributed by atoms with Crippen LogP contribution in [-0.2, 0) is 10.0 Å². The number of amides is 1. The third-order valence-electron chi connectivity index (χ3n) is 4.96. The Morgan fingerprint density at radius 2 is 1.82 bits per heavy atom. The van der Waals surface area contributed by atoms with E-state index in [2.05, 4.69) is 6.92 Å². The normalized spacial score (nSPS) is 17.4. The van der Waals surface area contributed by atoms with Crippen molar-refractivity contribution >= 4 is 44.8 Å². The number of carbonyl (C=O) groups excluding carboxylic acids is 1. The summed E-state index contributed by atoms with van der Waals surface area (Å²) >= 11 is 12.2. The first-order valence-corrected chi connectivity index (χ1v) is 11.2. The van der Waals surface area contributed by atoms with Crippen LogP contribution in [0.4, 0.5) is 5.69 Å². The predicted molar refractivity (Wildman–Crippen MR) is 113 cm³/mol. The maximum Gasteiger partial charge on any atom is 0.264 e. The van der Waals surface area contributed by atoms with E-state index in [0.29, 0.717) is 35.3 Å². The summed E-state index contributed by atoms with van der Waals surface area (Å²) in [4.78, 5) is 14.7. The van der Waals surface area contributed by atoms with Gasteiger partial charge in [0.25, 0.3) is 15.9 Å². The van der Waals surface area contributed by atoms with Gasteiger partial charge in [-0.15, -0.1) is 0 Å². The van der Waals surface area contributed by atoms with E-state index in [1.807, 2.05) is 4.90 Å². The molecule has 0 saturated carbocycles. The highest BCUT2D eigenvalue weighted by atomic mass is 35.5. The standard InChI is InChI=1S/C20H22Cl2N2O3S/c1-14-4-3-11-24(13-14)20(25)18-10-7-16(12-19(18)22)23(2)28(26,27)17-8-5-15(21)6-9-17/h5-10,12,14H,3-4,11,13H2,1-2H3/t14-/m1/s1. The fraction of sp³-hybridized carbons (Fsp3) is 0.350. The smallest absolute Gasteiger partial charge is 0.264 e. The van der Waals surface area contributed by atoms with Crippen LogP contribution in [0.15, 0.2) is 47.4 Å². The van der Waals surface area contributed by atoms with E-state index in [-0.39, 0.29) is 15.8 Å². The molecule has 1 fully saturated rings. The summed E-state index contributed by atoms with van der Waals surface area (Å²) in [5, 5.41) is 0.693. The SMILES string of the molecule is C[C@@H]1CCCN(C(=O)c2ccc(N(C)S(=O)(=O)c3ccc(Cl)cc3)cc2Cl)C1. The molecule has 3 rings (SSSR count). The maximum atomic E-state index is 12.8. The van der Waals surface area contributed by atoms with E-state index in [9.17, 15) is 13.2 Å². The van der Waals surface area contributed by atoms with E-state index in [1.165, 1.54) is 37.4 Å². The first kappa shape index (κ1) is 21.0. The summed E-state index contributed by atoms with van der Waals surface area (Å²) in [5.41, 5.74) is 0.764. The minimum absolute atomic E-state index is 0.119. The van der Waals surface area contributed by atoms with Crippen molar-refractivity contribution < 1.29 is 13.2 Å². The molecule has 0 N–H and O–H groups in total. The molecular formula is C20H22Cl2N2O3S. The molecule has 28 heavy (non-hydrogen) atoms. The molecule has 0 aromatic heterocycles. The van der Waals surface area contributed by atoms with Crippen molar-refractivity contribution in [2.24, 2.45) is 5.92 Å². The number of halogens is 2. The Bertz CT molecular complexity index is 977. The van der Waals surface area contributed by atoms with Crippen molar-refractivity contribution in [1.29, 1.82) is 0 Å². The van der Waals surface area contributed by atoms with E-state index in [0.717, 1.165) is 17.1 Å². The van der Waals surface area contributed by atoms with Gasteiger partial charge in [0.1, 0.15) is 0 Å². The summed E-state index contributed by atoms with van der Waals surface area (Å²) in [6.07, 6.45) is 2.09. The Labute approximate surface area is 175 Å². The van der Waals surface area contributed by atoms with Gasteiger partial charge in [-0.05, 0) is 61.2 Å². The number of carbonyl (C=O) groups is 1. The molecule has 1 aliphatic heterocycles. The molecule has 1 saturated heterocycles. The lowest BCUT2D eigenvalue weighted by molar-refractivity contribution is 0.0683. The number of sulfonamides is 1. The van der Waals surface area contributed by atoms with E-state index in [4.69, 9.17) is 23.2 Å². The van der Waals surface area contributed by atoms with Crippen molar-refractivity contribution in [3.63, 3.8) is 0 Å². The fourth-order valence-electron chi connectivity index (χ4n) is 3.32. The number of nitrogens with zero attached hydrogens (tertiary/aromatic N) is 2. The molecular weight excluding hydrogens is 419 g/mol. The van der Waals surface area contributed by atoms with E-state index < -0.39 is 10.0 Å². The Balaban J connectivity index is 1.85. The number of rotatable bonds is 4. The van der Waals surface area contributed by atoms with Crippen molar-refractivity contribution in [3.05, 3.63) is 58.1 Å². The summed E-state index contributed by atoms with van der Waals surface area (Å²) in [6, 6.07) is 10.6. The highest BCUT2D eigenvalue weighted by molar-refractivity contribution is 7.92. The van der Waals surface area contributed by atoms with E-state index >= 15 is 0 Å². The molecule has 8 heteroatoms. The molecule has 0 unspecified atom stereocenters. The second-order valence-corrected chi connectivity index (χ2v) is 9.90. The number of likely N-dealkylation sites (tertiary alicyclic amines) is 1. The van der Waals surface area contributed by atoms with Crippen LogP contribution in [-0.4, -0.2) is 39.4 Å². The lowest BCUT2D eigenvalue weighted by atomic mass is 9.99. The van der Waals surface area contributed by atoms with Crippen LogP contribution in [0, 0.1) is 5.92 Å². The van der Waals surface area contributed by atoms with Gasteiger partial charge in [-0.2, -0.15) is 0 Å². The molecule has 1 heterocycles. The Hall–Kier alpha value is -1.76. The number of piperidine rings is 1. The molecule has 1 atom stereocenters. The molecule has 0 radical (unpaired) electrons. The largest absolute Gasteiger partial charge is 0.338 e. The van der Waals surface area contributed by atoms with Crippen LogP contribution in [0.1, 0.15) is 30.1 Å². The first-order chi connectivity index (χ1) is 13.2. The maximum absolute atomic E-state index is 12.8. The van der Waals surface area contributed by atoms with Gasteiger partial charge in [0.15, 0.2) is 0 Å². The number of anilines is 1. The molecule has 0 aliphatic carbocycles. The molecule has 150 valence electrons. The quantitative estimate of drug-likeness (QED) is 0.692. The van der Waals surface area contributed by atoms with Gasteiger partial charge in [-0.25, -0.2) is 8.42 Å². The first-order valence-electron chi connectivity index (χ1n) is 9.03. The van der Waals surface area contributed by atoms with Crippen molar-refractivity contribution in [2.45, 2.75) is 24.7 Å². The molecule has 1 amide bonds. The highest BCUT2D eigenvalue weighted by Crippen LogP contribution is 2.29. The second-order valence-electron chi connectivity index (χ2n) is 7.09. The zero-order valence-electron chi connectivity index (χ0n) is 15.7. The molecule has 5 nitrogen and oxygen atoms in total. The van der Waals surface area contributed by atoms with Gasteiger partial charge >= 0.3 is 0 Å². The van der Waals surface area contributed by atoms with Gasteiger partial charge in [-0.3, -0.25) is 9.10 Å². The minimum atomic E-state index is -3.77. The van der Waals surface area contributed by atoms with Crippen molar-refractivity contribution in [3.8, 4) is 0 Å². The lowest BCUT2D eigenvalue weighted by Gasteiger charge is -2.31. The van der Waals surface area contributed by atoms with E-state index in [1.54, 1.807) is 12.1 Å². The summed E-state index contributed by atoms with van der Waals surface area (Å²) in [7, 11) is -2.32. The summed E-state index contributed by atoms with van der Waals surface area (Å²) in [6.45, 7) is 3.55. The van der Waals surface area contributed by atoms with Gasteiger partial charge in [0, 0.05) is 25.2 Å². The zero-order valence-corrected chi connectivity index (χ0v) is 18.1. The average molecular weight is 441 g/mol. The van der Waals surface area contributed by atoms with Crippen LogP contribution in [0.2, 0.25) is 10.0 Å². The Morgan fingerprint density at radius 1 is 1.14 bits per heavy atom. The predicted octanol–water partition coefficient (Wildman–Crippen LogP) is 4.69. The monoisotopic (exact) mass is 440 g/mol. The Kier molecular flexibility index (Phi) is 6.22. The van der Waals surface area contributed by atoms with Crippen molar-refractivity contribution in [2.75, 3.05) is 24.4 Å². The second kappa shape index (κ2) is 8.31. The molecule has 0 bridgehead atoms. The van der Waals surface area contributed by atoms with Crippen LogP contribution in [0.5, 0.6) is 0 Å². The zero-order chi connectivity index (χ0) is 20.5. The third-order valence-corrected chi connectivity index (χ3v) is 7.33. The topological polar surface area (TPSA) is 57.7 Å². The Morgan fingerprint density at radius 3 is 2.43 bits per heavy atom. The average Bonchev–Trinajstić information content (AvgIpc) is 2.67. The molecule has 1 aliphatic rings. The fourth-order valence-corrected chi connectivity index (χ4v) is 4.89. The van der Waals surface area contributed by atoms with Gasteiger partial charge in [0.2, 0.25) is 0 Å². The summed E-state index contributed by atoms with van der Waals surface area (Å²) < 4.78 is 26.8. The number of hydrogen-bond acceptors (Lipinski definition) is 3. The minimum Gasteiger partial charge on any atom is -0.338 e. The van der Waals surface area contributed by atoms with Crippen LogP contribution < -0.4 is 4.31 Å². The van der Waals surface area contributed by atoms with Crippen molar-refractivity contribution in [1.82, 2.24) is 4.90 Å². The highest BCUT2D eigenvalue weighted by Gasteiger charge is 2.26. The molecule has 2 aromatic rings. The van der Waals surface area contributed by atoms with Crippen LogP contribution in [0.3, 0.4) is 0 Å².